The summed E-state index contributed by atoms with van der Waals surface area (Å²) in [7, 11) is 0. The average molecular weight is 720 g/mol. The molecule has 0 N–H and O–H groups in total. The van der Waals surface area contributed by atoms with E-state index in [1.807, 2.05) is 146 Å². The van der Waals surface area contributed by atoms with Crippen LogP contribution in [0.4, 0.5) is 0 Å². The molecular formula is C47H29N9. The molecule has 0 aliphatic rings. The number of rotatable bonds is 8. The predicted octanol–water partition coefficient (Wildman–Crippen LogP) is 10.1. The van der Waals surface area contributed by atoms with E-state index in [9.17, 15) is 5.26 Å². The van der Waals surface area contributed by atoms with Crippen LogP contribution in [0.5, 0.6) is 0 Å². The van der Waals surface area contributed by atoms with Gasteiger partial charge in [-0.15, -0.1) is 0 Å². The maximum absolute atomic E-state index is 10.1. The van der Waals surface area contributed by atoms with Gasteiger partial charge < -0.3 is 0 Å². The van der Waals surface area contributed by atoms with Gasteiger partial charge in [0.25, 0.3) is 0 Å². The maximum atomic E-state index is 10.1. The van der Waals surface area contributed by atoms with E-state index in [2.05, 4.69) is 22.1 Å². The van der Waals surface area contributed by atoms with Crippen molar-refractivity contribution in [3.05, 3.63) is 182 Å². The Kier molecular flexibility index (Phi) is 9.10. The zero-order valence-corrected chi connectivity index (χ0v) is 29.8. The third-order valence-corrected chi connectivity index (χ3v) is 9.26. The molecule has 9 rings (SSSR count). The SMILES string of the molecule is N#Cc1ccc(-c2ccc(-c3nc(-c4ccccc4)nc(-c4cccnc4)n3)cc2)cc1-c1ccc(-c2nc(-c3ccccc3)nc(-c3ccncc3)n2)cc1. The first-order chi connectivity index (χ1) is 27.7. The third kappa shape index (κ3) is 7.01. The van der Waals surface area contributed by atoms with E-state index in [0.717, 1.165) is 55.6 Å². The second-order valence-electron chi connectivity index (χ2n) is 12.8. The summed E-state index contributed by atoms with van der Waals surface area (Å²) in [5.41, 5.74) is 9.39. The third-order valence-electron chi connectivity index (χ3n) is 9.26. The van der Waals surface area contributed by atoms with E-state index in [1.54, 1.807) is 24.8 Å². The number of pyridine rings is 2. The summed E-state index contributed by atoms with van der Waals surface area (Å²) < 4.78 is 0. The Balaban J connectivity index is 1.04. The number of nitrogens with zero attached hydrogens (tertiary/aromatic N) is 9. The molecule has 9 aromatic rings. The van der Waals surface area contributed by atoms with Gasteiger partial charge in [-0.3, -0.25) is 9.97 Å². The minimum absolute atomic E-state index is 0.549. The highest BCUT2D eigenvalue weighted by Crippen LogP contribution is 2.33. The van der Waals surface area contributed by atoms with Crippen molar-refractivity contribution in [3.8, 4) is 96.7 Å². The molecule has 0 spiro atoms. The quantitative estimate of drug-likeness (QED) is 0.151. The summed E-state index contributed by atoms with van der Waals surface area (Å²) in [4.78, 5) is 37.4. The molecule has 0 aliphatic heterocycles. The molecule has 9 heteroatoms. The lowest BCUT2D eigenvalue weighted by atomic mass is 9.94. The van der Waals surface area contributed by atoms with Crippen molar-refractivity contribution in [2.75, 3.05) is 0 Å². The highest BCUT2D eigenvalue weighted by molar-refractivity contribution is 5.80. The van der Waals surface area contributed by atoms with Crippen LogP contribution in [0.15, 0.2) is 176 Å². The highest BCUT2D eigenvalue weighted by Gasteiger charge is 2.15. The van der Waals surface area contributed by atoms with Crippen LogP contribution in [-0.4, -0.2) is 39.9 Å². The lowest BCUT2D eigenvalue weighted by molar-refractivity contribution is 1.07. The maximum Gasteiger partial charge on any atom is 0.165 e. The topological polar surface area (TPSA) is 127 Å². The van der Waals surface area contributed by atoms with Crippen LogP contribution >= 0.6 is 0 Å². The van der Waals surface area contributed by atoms with Crippen LogP contribution in [0.2, 0.25) is 0 Å². The summed E-state index contributed by atoms with van der Waals surface area (Å²) >= 11 is 0. The van der Waals surface area contributed by atoms with Crippen LogP contribution in [0, 0.1) is 11.3 Å². The van der Waals surface area contributed by atoms with E-state index < -0.39 is 0 Å². The Bertz CT molecular complexity index is 2710. The first-order valence-corrected chi connectivity index (χ1v) is 17.9. The molecule has 0 aliphatic carbocycles. The molecular weight excluding hydrogens is 691 g/mol. The summed E-state index contributed by atoms with van der Waals surface area (Å²) in [5, 5.41) is 10.1. The first-order valence-electron chi connectivity index (χ1n) is 17.9. The number of benzene rings is 5. The fourth-order valence-electron chi connectivity index (χ4n) is 6.37. The van der Waals surface area contributed by atoms with Crippen molar-refractivity contribution >= 4 is 0 Å². The van der Waals surface area contributed by atoms with Crippen LogP contribution in [-0.2, 0) is 0 Å². The molecule has 0 radical (unpaired) electrons. The molecule has 9 nitrogen and oxygen atoms in total. The molecule has 0 saturated heterocycles. The van der Waals surface area contributed by atoms with Gasteiger partial charge in [-0.25, -0.2) is 29.9 Å². The van der Waals surface area contributed by atoms with Gasteiger partial charge in [-0.1, -0.05) is 115 Å². The summed E-state index contributed by atoms with van der Waals surface area (Å²) in [6.45, 7) is 0. The van der Waals surface area contributed by atoms with Crippen LogP contribution in [0.1, 0.15) is 5.56 Å². The Labute approximate surface area is 322 Å². The van der Waals surface area contributed by atoms with Crippen molar-refractivity contribution in [2.45, 2.75) is 0 Å². The number of nitriles is 1. The number of aromatic nitrogens is 8. The molecule has 4 aromatic heterocycles. The minimum atomic E-state index is 0.549. The monoisotopic (exact) mass is 719 g/mol. The van der Waals surface area contributed by atoms with Crippen molar-refractivity contribution in [1.29, 1.82) is 5.26 Å². The standard InChI is InChI=1S/C47H29N9/c48-29-39-22-21-38(31-13-17-35(18-14-31)45-52-43(34-10-5-2-6-11-34)55-47(56-45)40-12-7-25-50-30-40)28-41(39)32-15-19-36(20-16-32)44-51-42(33-8-3-1-4-9-33)53-46(54-44)37-23-26-49-27-24-37/h1-28,30H. The largest absolute Gasteiger partial charge is 0.265 e. The fourth-order valence-corrected chi connectivity index (χ4v) is 6.37. The molecule has 0 fully saturated rings. The number of hydrogen-bond acceptors (Lipinski definition) is 9. The Morgan fingerprint density at radius 2 is 0.732 bits per heavy atom. The number of hydrogen-bond donors (Lipinski definition) is 0. The van der Waals surface area contributed by atoms with E-state index >= 15 is 0 Å². The molecule has 262 valence electrons. The van der Waals surface area contributed by atoms with Crippen molar-refractivity contribution < 1.29 is 0 Å². The van der Waals surface area contributed by atoms with Gasteiger partial charge in [0.15, 0.2) is 34.9 Å². The van der Waals surface area contributed by atoms with Gasteiger partial charge in [0.2, 0.25) is 0 Å². The predicted molar refractivity (Wildman–Crippen MR) is 217 cm³/mol. The second kappa shape index (κ2) is 15.1. The molecule has 0 atom stereocenters. The zero-order chi connectivity index (χ0) is 37.7. The smallest absolute Gasteiger partial charge is 0.165 e. The van der Waals surface area contributed by atoms with Crippen LogP contribution < -0.4 is 0 Å². The van der Waals surface area contributed by atoms with Crippen molar-refractivity contribution in [2.24, 2.45) is 0 Å². The molecule has 0 saturated carbocycles. The summed E-state index contributed by atoms with van der Waals surface area (Å²) in [5.74, 6) is 3.39. The molecule has 0 unspecified atom stereocenters. The van der Waals surface area contributed by atoms with Gasteiger partial charge in [-0.2, -0.15) is 5.26 Å². The van der Waals surface area contributed by atoms with E-state index in [-0.39, 0.29) is 0 Å². The minimum Gasteiger partial charge on any atom is -0.265 e. The lowest BCUT2D eigenvalue weighted by Gasteiger charge is -2.11. The molecule has 56 heavy (non-hydrogen) atoms. The van der Waals surface area contributed by atoms with Crippen molar-refractivity contribution in [3.63, 3.8) is 0 Å². The fraction of sp³-hybridized carbons (Fsp3) is 0. The van der Waals surface area contributed by atoms with Crippen LogP contribution in [0.25, 0.3) is 90.6 Å². The molecule has 5 aromatic carbocycles. The molecule has 4 heterocycles. The molecule has 0 amide bonds. The van der Waals surface area contributed by atoms with Crippen molar-refractivity contribution in [1.82, 2.24) is 39.9 Å². The Morgan fingerprint density at radius 3 is 1.21 bits per heavy atom. The second-order valence-corrected chi connectivity index (χ2v) is 12.8. The van der Waals surface area contributed by atoms with Gasteiger partial charge in [0.05, 0.1) is 11.6 Å². The lowest BCUT2D eigenvalue weighted by Crippen LogP contribution is -2.00. The first kappa shape index (κ1) is 33.7. The average Bonchev–Trinajstić information content (AvgIpc) is 3.30. The van der Waals surface area contributed by atoms with Gasteiger partial charge in [-0.05, 0) is 53.1 Å². The zero-order valence-electron chi connectivity index (χ0n) is 29.8. The van der Waals surface area contributed by atoms with E-state index in [0.29, 0.717) is 40.5 Å². The van der Waals surface area contributed by atoms with Gasteiger partial charge in [0, 0.05) is 63.7 Å². The van der Waals surface area contributed by atoms with E-state index in [1.165, 1.54) is 0 Å². The van der Waals surface area contributed by atoms with Crippen LogP contribution in [0.3, 0.4) is 0 Å². The van der Waals surface area contributed by atoms with E-state index in [4.69, 9.17) is 29.9 Å². The Morgan fingerprint density at radius 1 is 0.321 bits per heavy atom. The van der Waals surface area contributed by atoms with Gasteiger partial charge >= 0.3 is 0 Å². The summed E-state index contributed by atoms with van der Waals surface area (Å²) in [6.07, 6.45) is 6.93. The van der Waals surface area contributed by atoms with Gasteiger partial charge in [0.1, 0.15) is 0 Å². The normalized spacial score (nSPS) is 10.8. The Hall–Kier alpha value is -8.09. The highest BCUT2D eigenvalue weighted by atomic mass is 15.0. The summed E-state index contributed by atoms with van der Waals surface area (Å²) in [6, 6.07) is 51.7. The molecule has 0 bridgehead atoms.